The van der Waals surface area contributed by atoms with Crippen molar-refractivity contribution in [3.63, 3.8) is 0 Å². The molecule has 0 spiro atoms. The van der Waals surface area contributed by atoms with Crippen LogP contribution in [0.1, 0.15) is 31.2 Å². The van der Waals surface area contributed by atoms with Crippen molar-refractivity contribution in [1.82, 2.24) is 9.30 Å². The van der Waals surface area contributed by atoms with Crippen molar-refractivity contribution in [3.8, 4) is 5.75 Å². The molecule has 0 saturated heterocycles. The van der Waals surface area contributed by atoms with Gasteiger partial charge in [-0.1, -0.05) is 37.6 Å². The highest BCUT2D eigenvalue weighted by atomic mass is 32.1. The van der Waals surface area contributed by atoms with Gasteiger partial charge in [0.2, 0.25) is 0 Å². The van der Waals surface area contributed by atoms with E-state index in [-0.39, 0.29) is 16.7 Å². The molecule has 6 nitrogen and oxygen atoms in total. The third-order valence-electron chi connectivity index (χ3n) is 4.02. The van der Waals surface area contributed by atoms with Gasteiger partial charge in [-0.05, 0) is 29.2 Å². The lowest BCUT2D eigenvalue weighted by molar-refractivity contribution is 0.158. The average Bonchev–Trinajstić information content (AvgIpc) is 3.02. The first-order valence-electron chi connectivity index (χ1n) is 7.84. The van der Waals surface area contributed by atoms with Gasteiger partial charge in [0.15, 0.2) is 0 Å². The Labute approximate surface area is 148 Å². The van der Waals surface area contributed by atoms with Gasteiger partial charge in [-0.2, -0.15) is 0 Å². The van der Waals surface area contributed by atoms with Gasteiger partial charge in [0.1, 0.15) is 10.4 Å². The summed E-state index contributed by atoms with van der Waals surface area (Å²) in [6.07, 6.45) is 0. The van der Waals surface area contributed by atoms with E-state index >= 15 is 0 Å². The molecule has 1 aromatic carbocycles. The van der Waals surface area contributed by atoms with Crippen molar-refractivity contribution in [2.45, 2.75) is 32.7 Å². The quantitative estimate of drug-likeness (QED) is 0.729. The third-order valence-corrected chi connectivity index (χ3v) is 5.55. The Hall–Kier alpha value is -2.54. The van der Waals surface area contributed by atoms with Crippen molar-refractivity contribution in [2.24, 2.45) is 0 Å². The van der Waals surface area contributed by atoms with Gasteiger partial charge in [-0.25, -0.2) is 4.79 Å². The second kappa shape index (κ2) is 6.07. The van der Waals surface area contributed by atoms with Crippen LogP contribution in [0.5, 0.6) is 5.75 Å². The molecule has 0 aliphatic rings. The normalized spacial score (nSPS) is 11.8. The van der Waals surface area contributed by atoms with E-state index in [2.05, 4.69) is 0 Å². The number of benzene rings is 1. The lowest BCUT2D eigenvalue weighted by Crippen LogP contribution is -2.38. The summed E-state index contributed by atoms with van der Waals surface area (Å²) in [6.45, 7) is 6.35. The Morgan fingerprint density at radius 2 is 1.92 bits per heavy atom. The van der Waals surface area contributed by atoms with Gasteiger partial charge < -0.3 is 9.94 Å². The molecule has 0 bridgehead atoms. The lowest BCUT2D eigenvalue weighted by atomic mass is 9.95. The van der Waals surface area contributed by atoms with Crippen LogP contribution in [0.2, 0.25) is 0 Å². The predicted molar refractivity (Wildman–Crippen MR) is 98.3 cm³/mol. The topological polar surface area (TPSA) is 73.5 Å². The highest BCUT2D eigenvalue weighted by Crippen LogP contribution is 2.32. The Kier molecular flexibility index (Phi) is 4.20. The van der Waals surface area contributed by atoms with Crippen LogP contribution < -0.4 is 16.0 Å². The van der Waals surface area contributed by atoms with Crippen LogP contribution in [0, 0.1) is 0 Å². The van der Waals surface area contributed by atoms with E-state index in [0.29, 0.717) is 16.0 Å². The van der Waals surface area contributed by atoms with Gasteiger partial charge in [-0.15, -0.1) is 11.3 Å². The van der Waals surface area contributed by atoms with Crippen molar-refractivity contribution in [3.05, 3.63) is 61.6 Å². The molecule has 0 aliphatic heterocycles. The highest BCUT2D eigenvalue weighted by molar-refractivity contribution is 7.19. The van der Waals surface area contributed by atoms with Gasteiger partial charge >= 0.3 is 11.2 Å². The molecule has 3 rings (SSSR count). The maximum Gasteiger partial charge on any atom is 0.365 e. The molecule has 0 unspecified atom stereocenters. The van der Waals surface area contributed by atoms with Crippen LogP contribution in [-0.2, 0) is 12.0 Å². The van der Waals surface area contributed by atoms with E-state index in [1.165, 1.54) is 15.9 Å². The molecule has 0 aliphatic carbocycles. The molecule has 0 saturated carbocycles. The number of methoxy groups -OCH3 is 1. The van der Waals surface area contributed by atoms with E-state index in [9.17, 15) is 14.8 Å². The molecule has 0 atom stereocenters. The fourth-order valence-corrected chi connectivity index (χ4v) is 3.76. The Morgan fingerprint density at radius 1 is 1.20 bits per heavy atom. The molecule has 2 heterocycles. The summed E-state index contributed by atoms with van der Waals surface area (Å²) < 4.78 is 7.18. The number of aromatic nitrogens is 2. The van der Waals surface area contributed by atoms with Gasteiger partial charge in [0.25, 0.3) is 0 Å². The predicted octanol–water partition coefficient (Wildman–Crippen LogP) is 2.82. The average molecular weight is 360 g/mol. The van der Waals surface area contributed by atoms with Gasteiger partial charge in [0.05, 0.1) is 19.2 Å². The van der Waals surface area contributed by atoms with Crippen LogP contribution in [0.3, 0.4) is 0 Å². The number of fused-ring (bicyclic) bond motifs is 1. The zero-order valence-electron chi connectivity index (χ0n) is 14.6. The SMILES string of the molecule is COc1cccc(Cn2c(=O)n(O)c(=O)c3sc(C(C)(C)C)cc32)c1. The fraction of sp³-hybridized carbons (Fsp3) is 0.333. The number of ether oxygens (including phenoxy) is 1. The molecular formula is C18H20N2O4S. The van der Waals surface area contributed by atoms with Crippen molar-refractivity contribution >= 4 is 21.6 Å². The number of thiophene rings is 1. The molecule has 0 amide bonds. The molecule has 25 heavy (non-hydrogen) atoms. The zero-order valence-corrected chi connectivity index (χ0v) is 15.4. The summed E-state index contributed by atoms with van der Waals surface area (Å²) >= 11 is 1.31. The van der Waals surface area contributed by atoms with Gasteiger partial charge in [-0.3, -0.25) is 9.36 Å². The number of hydrogen-bond acceptors (Lipinski definition) is 5. The number of rotatable bonds is 3. The van der Waals surface area contributed by atoms with Crippen LogP contribution in [0.15, 0.2) is 39.9 Å². The molecule has 3 aromatic rings. The first-order valence-corrected chi connectivity index (χ1v) is 8.66. The Balaban J connectivity index is 2.24. The minimum Gasteiger partial charge on any atom is -0.497 e. The van der Waals surface area contributed by atoms with Crippen LogP contribution in [-0.4, -0.2) is 21.6 Å². The fourth-order valence-electron chi connectivity index (χ4n) is 2.61. The third kappa shape index (κ3) is 3.07. The van der Waals surface area contributed by atoms with E-state index in [1.807, 2.05) is 51.1 Å². The zero-order chi connectivity index (χ0) is 18.4. The van der Waals surface area contributed by atoms with Crippen molar-refractivity contribution < 1.29 is 9.94 Å². The van der Waals surface area contributed by atoms with E-state index in [4.69, 9.17) is 4.74 Å². The second-order valence-corrected chi connectivity index (χ2v) is 7.96. The largest absolute Gasteiger partial charge is 0.497 e. The van der Waals surface area contributed by atoms with Crippen molar-refractivity contribution in [2.75, 3.05) is 7.11 Å². The molecule has 0 fully saturated rings. The lowest BCUT2D eigenvalue weighted by Gasteiger charge is -2.14. The van der Waals surface area contributed by atoms with Gasteiger partial charge in [0, 0.05) is 4.88 Å². The van der Waals surface area contributed by atoms with E-state index < -0.39 is 11.2 Å². The number of hydrogen-bond donors (Lipinski definition) is 1. The summed E-state index contributed by atoms with van der Waals surface area (Å²) in [5.74, 6) is 0.680. The van der Waals surface area contributed by atoms with E-state index in [0.717, 1.165) is 10.4 Å². The maximum atomic E-state index is 12.5. The van der Waals surface area contributed by atoms with Crippen LogP contribution in [0.25, 0.3) is 10.2 Å². The first kappa shape index (κ1) is 17.3. The minimum absolute atomic E-state index is 0.159. The molecule has 0 radical (unpaired) electrons. The first-order chi connectivity index (χ1) is 11.7. The Morgan fingerprint density at radius 3 is 2.56 bits per heavy atom. The Bertz CT molecular complexity index is 1050. The highest BCUT2D eigenvalue weighted by Gasteiger charge is 2.22. The van der Waals surface area contributed by atoms with Crippen LogP contribution in [0.4, 0.5) is 0 Å². The molecule has 1 N–H and O–H groups in total. The standard InChI is InChI=1S/C18H20N2O4S/c1-18(2,3)14-9-13-15(25-14)16(21)20(23)17(22)19(13)10-11-6-5-7-12(8-11)24-4/h5-9,23H,10H2,1-4H3. The smallest absolute Gasteiger partial charge is 0.365 e. The molecule has 132 valence electrons. The monoisotopic (exact) mass is 360 g/mol. The molecule has 2 aromatic heterocycles. The summed E-state index contributed by atoms with van der Waals surface area (Å²) in [4.78, 5) is 25.7. The molecule has 7 heteroatoms. The summed E-state index contributed by atoms with van der Waals surface area (Å²) in [7, 11) is 1.58. The molecular weight excluding hydrogens is 340 g/mol. The summed E-state index contributed by atoms with van der Waals surface area (Å²) in [5, 5.41) is 9.93. The van der Waals surface area contributed by atoms with Crippen molar-refractivity contribution in [1.29, 1.82) is 0 Å². The van der Waals surface area contributed by atoms with E-state index in [1.54, 1.807) is 7.11 Å². The minimum atomic E-state index is -0.751. The maximum absolute atomic E-state index is 12.5. The van der Waals surface area contributed by atoms with Crippen LogP contribution >= 0.6 is 11.3 Å². The number of nitrogens with zero attached hydrogens (tertiary/aromatic N) is 2. The summed E-state index contributed by atoms with van der Waals surface area (Å²) in [6, 6.07) is 9.20. The summed E-state index contributed by atoms with van der Waals surface area (Å²) in [5.41, 5.74) is -0.211. The second-order valence-electron chi connectivity index (χ2n) is 6.91.